The molecule has 0 atom stereocenters. The molecule has 33 heavy (non-hydrogen) atoms. The van der Waals surface area contributed by atoms with Crippen molar-refractivity contribution in [1.29, 1.82) is 0 Å². The van der Waals surface area contributed by atoms with E-state index in [1.807, 2.05) is 29.0 Å². The topological polar surface area (TPSA) is 74.3 Å². The summed E-state index contributed by atoms with van der Waals surface area (Å²) in [5, 5.41) is 6.21. The van der Waals surface area contributed by atoms with Crippen molar-refractivity contribution < 1.29 is 13.9 Å². The van der Waals surface area contributed by atoms with Crippen molar-refractivity contribution in [2.75, 3.05) is 45.2 Å². The van der Waals surface area contributed by atoms with Crippen LogP contribution < -0.4 is 15.4 Å². The van der Waals surface area contributed by atoms with Crippen molar-refractivity contribution in [3.8, 4) is 17.0 Å². The molecule has 7 nitrogen and oxygen atoms in total. The second kappa shape index (κ2) is 10.1. The van der Waals surface area contributed by atoms with Crippen LogP contribution in [0.15, 0.2) is 55.2 Å². The number of methoxy groups -OCH3 is 1. The maximum atomic E-state index is 14.0. The van der Waals surface area contributed by atoms with E-state index in [0.29, 0.717) is 17.0 Å². The summed E-state index contributed by atoms with van der Waals surface area (Å²) in [6, 6.07) is 11.5. The number of nitrogens with one attached hydrogen (secondary N) is 3. The van der Waals surface area contributed by atoms with Crippen LogP contribution in [0.25, 0.3) is 17.0 Å². The summed E-state index contributed by atoms with van der Waals surface area (Å²) in [5.41, 5.74) is 3.16. The van der Waals surface area contributed by atoms with E-state index in [1.165, 1.54) is 19.2 Å². The summed E-state index contributed by atoms with van der Waals surface area (Å²) in [6.07, 6.45) is 1.89. The van der Waals surface area contributed by atoms with Gasteiger partial charge in [-0.1, -0.05) is 24.8 Å². The molecule has 1 aliphatic heterocycles. The number of nitrogens with zero attached hydrogens (tertiary/aromatic N) is 2. The standard InChI is InChI=1S/C24H26FN5O2S/c1-16(14-29-11-9-26-10-12-29)30-15-21(28-24(30)33)18-5-3-4-6-20(18)27-23(31)17-7-8-22(32-2)19(25)13-17/h3-8,13,15,26H,1,9-12,14H2,2H3,(H,27,31)(H,28,33). The lowest BCUT2D eigenvalue weighted by atomic mass is 10.1. The Hall–Kier alpha value is -3.27. The molecular weight excluding hydrogens is 441 g/mol. The van der Waals surface area contributed by atoms with Crippen LogP contribution in [0.2, 0.25) is 0 Å². The Balaban J connectivity index is 1.55. The number of aromatic amines is 1. The molecule has 1 amide bonds. The van der Waals surface area contributed by atoms with Gasteiger partial charge in [0.15, 0.2) is 16.3 Å². The number of carbonyl (C=O) groups is 1. The number of ether oxygens (including phenoxy) is 1. The Morgan fingerprint density at radius 1 is 1.24 bits per heavy atom. The molecule has 1 aliphatic rings. The van der Waals surface area contributed by atoms with E-state index in [2.05, 4.69) is 27.1 Å². The molecule has 3 aromatic rings. The lowest BCUT2D eigenvalue weighted by Crippen LogP contribution is -2.44. The van der Waals surface area contributed by atoms with Gasteiger partial charge < -0.3 is 20.4 Å². The zero-order chi connectivity index (χ0) is 23.4. The van der Waals surface area contributed by atoms with Crippen LogP contribution in [0, 0.1) is 10.6 Å². The molecule has 0 aliphatic carbocycles. The first-order valence-corrected chi connectivity index (χ1v) is 11.0. The highest BCUT2D eigenvalue weighted by Gasteiger charge is 2.16. The Bertz CT molecular complexity index is 1230. The first kappa shape index (κ1) is 22.9. The largest absolute Gasteiger partial charge is 0.494 e. The summed E-state index contributed by atoms with van der Waals surface area (Å²) >= 11 is 5.54. The summed E-state index contributed by atoms with van der Waals surface area (Å²) in [5.74, 6) is -0.936. The van der Waals surface area contributed by atoms with Crippen LogP contribution in [-0.4, -0.2) is 60.2 Å². The van der Waals surface area contributed by atoms with Crippen molar-refractivity contribution >= 4 is 29.5 Å². The third-order valence-corrected chi connectivity index (χ3v) is 5.85. The van der Waals surface area contributed by atoms with Crippen molar-refractivity contribution in [3.05, 3.63) is 71.4 Å². The highest BCUT2D eigenvalue weighted by atomic mass is 32.1. The van der Waals surface area contributed by atoms with Crippen LogP contribution in [0.5, 0.6) is 5.75 Å². The molecule has 1 aromatic heterocycles. The first-order valence-electron chi connectivity index (χ1n) is 10.6. The van der Waals surface area contributed by atoms with Crippen molar-refractivity contribution in [1.82, 2.24) is 19.8 Å². The molecule has 0 bridgehead atoms. The molecule has 9 heteroatoms. The molecule has 4 rings (SSSR count). The summed E-state index contributed by atoms with van der Waals surface area (Å²) < 4.78 is 21.4. The zero-order valence-corrected chi connectivity index (χ0v) is 19.2. The van der Waals surface area contributed by atoms with E-state index in [-0.39, 0.29) is 11.3 Å². The summed E-state index contributed by atoms with van der Waals surface area (Å²) in [6.45, 7) is 8.78. The lowest BCUT2D eigenvalue weighted by molar-refractivity contribution is 0.102. The number of hydrogen-bond acceptors (Lipinski definition) is 5. The lowest BCUT2D eigenvalue weighted by Gasteiger charge is -2.27. The molecule has 172 valence electrons. The van der Waals surface area contributed by atoms with Gasteiger partial charge in [0.1, 0.15) is 0 Å². The van der Waals surface area contributed by atoms with Crippen LogP contribution in [0.3, 0.4) is 0 Å². The Morgan fingerprint density at radius 2 is 2.00 bits per heavy atom. The highest BCUT2D eigenvalue weighted by molar-refractivity contribution is 7.71. The predicted octanol–water partition coefficient (Wildman–Crippen LogP) is 3.99. The maximum Gasteiger partial charge on any atom is 0.255 e. The van der Waals surface area contributed by atoms with Crippen LogP contribution in [0.4, 0.5) is 10.1 Å². The molecule has 2 aromatic carbocycles. The number of aromatic nitrogens is 2. The molecule has 1 saturated heterocycles. The van der Waals surface area contributed by atoms with E-state index in [4.69, 9.17) is 17.0 Å². The first-order chi connectivity index (χ1) is 16.0. The van der Waals surface area contributed by atoms with Crippen molar-refractivity contribution in [2.24, 2.45) is 0 Å². The SMILES string of the molecule is C=C(CN1CCNCC1)n1cc(-c2ccccc2NC(=O)c2ccc(OC)c(F)c2)[nH]c1=S. The number of rotatable bonds is 7. The number of hydrogen-bond donors (Lipinski definition) is 3. The Morgan fingerprint density at radius 3 is 2.73 bits per heavy atom. The Labute approximate surface area is 196 Å². The van der Waals surface area contributed by atoms with Crippen LogP contribution in [-0.2, 0) is 0 Å². The number of carbonyl (C=O) groups excluding carboxylic acids is 1. The number of piperazine rings is 1. The smallest absolute Gasteiger partial charge is 0.255 e. The second-order valence-electron chi connectivity index (χ2n) is 7.78. The fraction of sp³-hybridized carbons (Fsp3) is 0.250. The minimum Gasteiger partial charge on any atom is -0.494 e. The number of para-hydroxylation sites is 1. The average Bonchev–Trinajstić information content (AvgIpc) is 3.21. The quantitative estimate of drug-likeness (QED) is 0.458. The fourth-order valence-electron chi connectivity index (χ4n) is 3.80. The van der Waals surface area contributed by atoms with E-state index < -0.39 is 11.7 Å². The molecule has 0 radical (unpaired) electrons. The molecule has 2 heterocycles. The molecule has 1 fully saturated rings. The minimum atomic E-state index is -0.595. The Kier molecular flexibility index (Phi) is 7.02. The summed E-state index contributed by atoms with van der Waals surface area (Å²) in [4.78, 5) is 18.3. The second-order valence-corrected chi connectivity index (χ2v) is 8.17. The monoisotopic (exact) mass is 467 g/mol. The highest BCUT2D eigenvalue weighted by Crippen LogP contribution is 2.28. The number of H-pyrrole nitrogens is 1. The zero-order valence-electron chi connectivity index (χ0n) is 18.4. The minimum absolute atomic E-state index is 0.0851. The average molecular weight is 468 g/mol. The van der Waals surface area contributed by atoms with Gasteiger partial charge in [0.05, 0.1) is 18.5 Å². The maximum absolute atomic E-state index is 14.0. The number of amides is 1. The van der Waals surface area contributed by atoms with Crippen LogP contribution >= 0.6 is 12.2 Å². The van der Waals surface area contributed by atoms with E-state index in [1.54, 1.807) is 6.07 Å². The molecule has 0 saturated carbocycles. The van der Waals surface area contributed by atoms with E-state index in [0.717, 1.165) is 49.2 Å². The van der Waals surface area contributed by atoms with E-state index in [9.17, 15) is 9.18 Å². The van der Waals surface area contributed by atoms with Gasteiger partial charge in [0.25, 0.3) is 5.91 Å². The van der Waals surface area contributed by atoms with Gasteiger partial charge >= 0.3 is 0 Å². The summed E-state index contributed by atoms with van der Waals surface area (Å²) in [7, 11) is 1.38. The normalized spacial score (nSPS) is 14.1. The number of anilines is 1. The number of halogens is 1. The third-order valence-electron chi connectivity index (χ3n) is 5.55. The third kappa shape index (κ3) is 5.22. The predicted molar refractivity (Wildman–Crippen MR) is 131 cm³/mol. The van der Waals surface area contributed by atoms with Gasteiger partial charge in [0.2, 0.25) is 0 Å². The van der Waals surface area contributed by atoms with Gasteiger partial charge in [-0.15, -0.1) is 0 Å². The van der Waals surface area contributed by atoms with Gasteiger partial charge in [0, 0.05) is 55.7 Å². The van der Waals surface area contributed by atoms with Gasteiger partial charge in [-0.05, 0) is 36.5 Å². The fourth-order valence-corrected chi connectivity index (χ4v) is 4.09. The molecule has 0 spiro atoms. The van der Waals surface area contributed by atoms with Crippen LogP contribution in [0.1, 0.15) is 10.4 Å². The van der Waals surface area contributed by atoms with Crippen molar-refractivity contribution in [2.45, 2.75) is 0 Å². The molecular formula is C24H26FN5O2S. The van der Waals surface area contributed by atoms with Crippen molar-refractivity contribution in [3.63, 3.8) is 0 Å². The number of imidazole rings is 1. The molecule has 3 N–H and O–H groups in total. The van der Waals surface area contributed by atoms with Gasteiger partial charge in [-0.25, -0.2) is 4.39 Å². The van der Waals surface area contributed by atoms with Gasteiger partial charge in [-0.2, -0.15) is 0 Å². The molecule has 0 unspecified atom stereocenters. The number of benzene rings is 2. The van der Waals surface area contributed by atoms with Gasteiger partial charge in [-0.3, -0.25) is 14.3 Å². The van der Waals surface area contributed by atoms with E-state index >= 15 is 0 Å².